The molecule has 0 radical (unpaired) electrons. The number of esters is 1. The van der Waals surface area contributed by atoms with Crippen molar-refractivity contribution < 1.29 is 13.9 Å². The zero-order valence-electron chi connectivity index (χ0n) is 10.1. The maximum Gasteiger partial charge on any atom is 0.379 e. The third-order valence-corrected chi connectivity index (χ3v) is 3.41. The first kappa shape index (κ1) is 13.0. The molecule has 5 heteroatoms. The van der Waals surface area contributed by atoms with Crippen LogP contribution in [0.5, 0.6) is 5.75 Å². The molecule has 3 nitrogen and oxygen atoms in total. The summed E-state index contributed by atoms with van der Waals surface area (Å²) in [4.78, 5) is 11.9. The van der Waals surface area contributed by atoms with Gasteiger partial charge in [0.05, 0.1) is 16.3 Å². The Morgan fingerprint density at radius 3 is 2.45 bits per heavy atom. The van der Waals surface area contributed by atoms with Crippen molar-refractivity contribution >= 4 is 39.9 Å². The minimum Gasteiger partial charge on any atom is -0.457 e. The van der Waals surface area contributed by atoms with Crippen LogP contribution < -0.4 is 4.74 Å². The van der Waals surface area contributed by atoms with Crippen molar-refractivity contribution in [1.82, 2.24) is 0 Å². The summed E-state index contributed by atoms with van der Waals surface area (Å²) < 4.78 is 10.3. The van der Waals surface area contributed by atoms with Gasteiger partial charge in [0.1, 0.15) is 0 Å². The first-order chi connectivity index (χ1) is 9.66. The van der Waals surface area contributed by atoms with Crippen molar-refractivity contribution in [1.29, 1.82) is 0 Å². The zero-order chi connectivity index (χ0) is 14.1. The number of carbonyl (C=O) groups excluding carboxylic acids is 1. The highest BCUT2D eigenvalue weighted by molar-refractivity contribution is 6.40. The lowest BCUT2D eigenvalue weighted by Gasteiger charge is -2.10. The average molecular weight is 307 g/mol. The van der Waals surface area contributed by atoms with Gasteiger partial charge in [-0.1, -0.05) is 47.5 Å². The molecule has 2 aromatic carbocycles. The molecule has 0 atom stereocenters. The normalized spacial score (nSPS) is 10.7. The summed E-state index contributed by atoms with van der Waals surface area (Å²) in [7, 11) is 0. The summed E-state index contributed by atoms with van der Waals surface area (Å²) in [5.41, 5.74) is 0. The number of carbonyl (C=O) groups is 1. The van der Waals surface area contributed by atoms with E-state index in [1.165, 1.54) is 12.3 Å². The van der Waals surface area contributed by atoms with Crippen LogP contribution in [0.1, 0.15) is 10.6 Å². The first-order valence-electron chi connectivity index (χ1n) is 5.79. The van der Waals surface area contributed by atoms with Crippen molar-refractivity contribution in [2.24, 2.45) is 0 Å². The van der Waals surface area contributed by atoms with Gasteiger partial charge >= 0.3 is 5.97 Å². The van der Waals surface area contributed by atoms with E-state index in [9.17, 15) is 4.79 Å². The van der Waals surface area contributed by atoms with Crippen LogP contribution in [0.4, 0.5) is 0 Å². The topological polar surface area (TPSA) is 39.4 Å². The van der Waals surface area contributed by atoms with Gasteiger partial charge in [-0.05, 0) is 18.2 Å². The van der Waals surface area contributed by atoms with Crippen LogP contribution in [-0.2, 0) is 0 Å². The maximum absolute atomic E-state index is 11.9. The lowest BCUT2D eigenvalue weighted by atomic mass is 10.1. The molecule has 0 spiro atoms. The maximum atomic E-state index is 11.9. The van der Waals surface area contributed by atoms with Gasteiger partial charge in [0, 0.05) is 10.8 Å². The molecule has 0 amide bonds. The molecule has 1 aromatic heterocycles. The number of benzene rings is 2. The van der Waals surface area contributed by atoms with E-state index < -0.39 is 5.97 Å². The number of fused-ring (bicyclic) bond motifs is 1. The van der Waals surface area contributed by atoms with Crippen molar-refractivity contribution in [3.05, 3.63) is 64.5 Å². The Hall–Kier alpha value is -1.97. The van der Waals surface area contributed by atoms with Crippen LogP contribution in [0.2, 0.25) is 10.0 Å². The van der Waals surface area contributed by atoms with Gasteiger partial charge in [-0.25, -0.2) is 4.79 Å². The number of ether oxygens (including phenoxy) is 1. The Morgan fingerprint density at radius 1 is 1.00 bits per heavy atom. The number of halogens is 2. The Bertz CT molecular complexity index is 779. The smallest absolute Gasteiger partial charge is 0.379 e. The Morgan fingerprint density at radius 2 is 1.75 bits per heavy atom. The summed E-state index contributed by atoms with van der Waals surface area (Å²) in [5.74, 6) is -0.225. The molecular weight excluding hydrogens is 299 g/mol. The second-order valence-electron chi connectivity index (χ2n) is 4.08. The molecule has 3 aromatic rings. The highest BCUT2D eigenvalue weighted by atomic mass is 35.5. The number of hydrogen-bond donors (Lipinski definition) is 0. The standard InChI is InChI=1S/C15H8Cl2O3/c16-11-8-12(17)14(10-5-2-1-4-9(10)11)20-15(18)13-6-3-7-19-13/h1-8H. The minimum atomic E-state index is -0.607. The highest BCUT2D eigenvalue weighted by Gasteiger charge is 2.17. The summed E-state index contributed by atoms with van der Waals surface area (Å²) in [6, 6.07) is 12.0. The Balaban J connectivity index is 2.10. The molecule has 0 aliphatic carbocycles. The molecule has 0 saturated carbocycles. The van der Waals surface area contributed by atoms with Gasteiger partial charge in [0.2, 0.25) is 5.76 Å². The average Bonchev–Trinajstić information content (AvgIpc) is 2.97. The summed E-state index contributed by atoms with van der Waals surface area (Å²) in [6.07, 6.45) is 1.40. The minimum absolute atomic E-state index is 0.111. The van der Waals surface area contributed by atoms with E-state index in [0.717, 1.165) is 5.39 Å². The molecule has 0 N–H and O–H groups in total. The van der Waals surface area contributed by atoms with Crippen molar-refractivity contribution in [2.45, 2.75) is 0 Å². The quantitative estimate of drug-likeness (QED) is 0.496. The van der Waals surface area contributed by atoms with E-state index in [-0.39, 0.29) is 16.5 Å². The fraction of sp³-hybridized carbons (Fsp3) is 0. The number of hydrogen-bond acceptors (Lipinski definition) is 3. The summed E-state index contributed by atoms with van der Waals surface area (Å²) >= 11 is 12.2. The number of furan rings is 1. The molecule has 0 fully saturated rings. The van der Waals surface area contributed by atoms with E-state index in [1.807, 2.05) is 18.2 Å². The van der Waals surface area contributed by atoms with Crippen LogP contribution in [0.15, 0.2) is 53.1 Å². The molecule has 0 aliphatic rings. The van der Waals surface area contributed by atoms with Crippen LogP contribution in [0.25, 0.3) is 10.8 Å². The van der Waals surface area contributed by atoms with Gasteiger partial charge in [0.25, 0.3) is 0 Å². The van der Waals surface area contributed by atoms with Crippen molar-refractivity contribution in [3.63, 3.8) is 0 Å². The van der Waals surface area contributed by atoms with E-state index in [4.69, 9.17) is 32.4 Å². The number of rotatable bonds is 2. The predicted molar refractivity (Wildman–Crippen MR) is 77.6 cm³/mol. The molecule has 100 valence electrons. The van der Waals surface area contributed by atoms with Crippen molar-refractivity contribution in [3.8, 4) is 5.75 Å². The van der Waals surface area contributed by atoms with Crippen LogP contribution >= 0.6 is 23.2 Å². The molecule has 1 heterocycles. The van der Waals surface area contributed by atoms with E-state index in [2.05, 4.69) is 0 Å². The van der Waals surface area contributed by atoms with Crippen LogP contribution in [0, 0.1) is 0 Å². The zero-order valence-corrected chi connectivity index (χ0v) is 11.6. The van der Waals surface area contributed by atoms with Crippen molar-refractivity contribution in [2.75, 3.05) is 0 Å². The molecule has 0 bridgehead atoms. The summed E-state index contributed by atoms with van der Waals surface area (Å²) in [5, 5.41) is 2.21. The monoisotopic (exact) mass is 306 g/mol. The fourth-order valence-electron chi connectivity index (χ4n) is 1.91. The molecule has 0 aliphatic heterocycles. The van der Waals surface area contributed by atoms with Gasteiger partial charge in [0.15, 0.2) is 5.75 Å². The molecule has 0 unspecified atom stereocenters. The molecule has 0 saturated heterocycles. The Kier molecular flexibility index (Phi) is 3.38. The van der Waals surface area contributed by atoms with Crippen LogP contribution in [0.3, 0.4) is 0 Å². The second-order valence-corrected chi connectivity index (χ2v) is 4.90. The highest BCUT2D eigenvalue weighted by Crippen LogP contribution is 2.38. The second kappa shape index (κ2) is 5.19. The third-order valence-electron chi connectivity index (χ3n) is 2.82. The lowest BCUT2D eigenvalue weighted by Crippen LogP contribution is -2.08. The fourth-order valence-corrected chi connectivity index (χ4v) is 2.49. The van der Waals surface area contributed by atoms with E-state index in [1.54, 1.807) is 18.2 Å². The van der Waals surface area contributed by atoms with E-state index in [0.29, 0.717) is 10.4 Å². The predicted octanol–water partition coefficient (Wildman–Crippen LogP) is 4.96. The lowest BCUT2D eigenvalue weighted by molar-refractivity contribution is 0.0704. The summed E-state index contributed by atoms with van der Waals surface area (Å²) in [6.45, 7) is 0. The first-order valence-corrected chi connectivity index (χ1v) is 6.55. The Labute approximate surface area is 124 Å². The largest absolute Gasteiger partial charge is 0.457 e. The van der Waals surface area contributed by atoms with Gasteiger partial charge in [-0.3, -0.25) is 0 Å². The van der Waals surface area contributed by atoms with E-state index >= 15 is 0 Å². The molecule has 3 rings (SSSR count). The molecule has 20 heavy (non-hydrogen) atoms. The van der Waals surface area contributed by atoms with Gasteiger partial charge in [-0.2, -0.15) is 0 Å². The van der Waals surface area contributed by atoms with Crippen LogP contribution in [-0.4, -0.2) is 5.97 Å². The SMILES string of the molecule is O=C(Oc1c(Cl)cc(Cl)c2ccccc12)c1ccco1. The van der Waals surface area contributed by atoms with Gasteiger partial charge < -0.3 is 9.15 Å². The molecular formula is C15H8Cl2O3. The third kappa shape index (κ3) is 2.26. The van der Waals surface area contributed by atoms with Gasteiger partial charge in [-0.15, -0.1) is 0 Å².